The highest BCUT2D eigenvalue weighted by molar-refractivity contribution is 7.16. The standard InChI is InChI=1S/C13H16ClN3OS/c1-13(2,3)17-7-6-15-11(12(17)18)16-8-9-4-5-10(14)19-9/h4-7H,8H2,1-3H3,(H,15,16). The molecule has 0 saturated heterocycles. The van der Waals surface area contributed by atoms with Gasteiger partial charge in [0, 0.05) is 22.8 Å². The highest BCUT2D eigenvalue weighted by Crippen LogP contribution is 2.21. The van der Waals surface area contributed by atoms with E-state index in [1.807, 2.05) is 32.9 Å². The van der Waals surface area contributed by atoms with Gasteiger partial charge in [0.2, 0.25) is 0 Å². The molecule has 1 N–H and O–H groups in total. The predicted molar refractivity (Wildman–Crippen MR) is 80.1 cm³/mol. The Hall–Kier alpha value is -1.33. The fourth-order valence-electron chi connectivity index (χ4n) is 1.68. The fourth-order valence-corrected chi connectivity index (χ4v) is 2.71. The summed E-state index contributed by atoms with van der Waals surface area (Å²) in [6.45, 7) is 6.50. The summed E-state index contributed by atoms with van der Waals surface area (Å²) in [6.07, 6.45) is 3.34. The van der Waals surface area contributed by atoms with E-state index in [0.29, 0.717) is 12.4 Å². The van der Waals surface area contributed by atoms with Gasteiger partial charge in [-0.25, -0.2) is 4.98 Å². The van der Waals surface area contributed by atoms with E-state index in [1.165, 1.54) is 11.3 Å². The van der Waals surface area contributed by atoms with Crippen molar-refractivity contribution in [1.29, 1.82) is 0 Å². The maximum atomic E-state index is 12.3. The average Bonchev–Trinajstić information content (AvgIpc) is 2.72. The van der Waals surface area contributed by atoms with Crippen molar-refractivity contribution in [2.75, 3.05) is 5.32 Å². The lowest BCUT2D eigenvalue weighted by molar-refractivity contribution is 0.383. The largest absolute Gasteiger partial charge is 0.361 e. The summed E-state index contributed by atoms with van der Waals surface area (Å²) in [4.78, 5) is 17.4. The van der Waals surface area contributed by atoms with Crippen LogP contribution in [-0.2, 0) is 12.1 Å². The van der Waals surface area contributed by atoms with E-state index in [-0.39, 0.29) is 11.1 Å². The van der Waals surface area contributed by atoms with E-state index >= 15 is 0 Å². The van der Waals surface area contributed by atoms with E-state index in [9.17, 15) is 4.79 Å². The van der Waals surface area contributed by atoms with Gasteiger partial charge in [-0.2, -0.15) is 0 Å². The Morgan fingerprint density at radius 1 is 1.42 bits per heavy atom. The molecule has 0 saturated carbocycles. The van der Waals surface area contributed by atoms with Gasteiger partial charge in [-0.1, -0.05) is 11.6 Å². The molecule has 2 heterocycles. The monoisotopic (exact) mass is 297 g/mol. The van der Waals surface area contributed by atoms with Crippen LogP contribution in [0.3, 0.4) is 0 Å². The van der Waals surface area contributed by atoms with Crippen molar-refractivity contribution in [2.45, 2.75) is 32.9 Å². The first kappa shape index (κ1) is 14.1. The van der Waals surface area contributed by atoms with Crippen LogP contribution in [0.2, 0.25) is 4.34 Å². The first-order chi connectivity index (χ1) is 8.88. The molecule has 0 aromatic carbocycles. The molecule has 0 aliphatic heterocycles. The lowest BCUT2D eigenvalue weighted by atomic mass is 10.1. The van der Waals surface area contributed by atoms with E-state index < -0.39 is 0 Å². The van der Waals surface area contributed by atoms with Crippen LogP contribution in [-0.4, -0.2) is 9.55 Å². The second-order valence-electron chi connectivity index (χ2n) is 5.18. The number of hydrogen-bond donors (Lipinski definition) is 1. The van der Waals surface area contributed by atoms with Gasteiger partial charge in [0.05, 0.1) is 10.9 Å². The van der Waals surface area contributed by atoms with E-state index in [0.717, 1.165) is 9.21 Å². The number of anilines is 1. The van der Waals surface area contributed by atoms with Crippen molar-refractivity contribution >= 4 is 28.8 Å². The molecule has 0 aliphatic carbocycles. The number of rotatable bonds is 3. The number of aromatic nitrogens is 2. The van der Waals surface area contributed by atoms with Crippen LogP contribution < -0.4 is 10.9 Å². The zero-order valence-corrected chi connectivity index (χ0v) is 12.7. The summed E-state index contributed by atoms with van der Waals surface area (Å²) in [5.74, 6) is 0.363. The van der Waals surface area contributed by atoms with E-state index in [4.69, 9.17) is 11.6 Å². The maximum absolute atomic E-state index is 12.3. The van der Waals surface area contributed by atoms with E-state index in [2.05, 4.69) is 10.3 Å². The highest BCUT2D eigenvalue weighted by Gasteiger charge is 2.16. The fraction of sp³-hybridized carbons (Fsp3) is 0.385. The SMILES string of the molecule is CC(C)(C)n1ccnc(NCc2ccc(Cl)s2)c1=O. The normalized spacial score (nSPS) is 11.6. The van der Waals surface area contributed by atoms with Gasteiger partial charge in [-0.15, -0.1) is 11.3 Å². The zero-order chi connectivity index (χ0) is 14.0. The van der Waals surface area contributed by atoms with Gasteiger partial charge >= 0.3 is 0 Å². The van der Waals surface area contributed by atoms with Crippen LogP contribution in [0.4, 0.5) is 5.82 Å². The first-order valence-electron chi connectivity index (χ1n) is 5.94. The molecule has 2 aromatic rings. The molecule has 19 heavy (non-hydrogen) atoms. The minimum absolute atomic E-state index is 0.113. The Labute approximate surface area is 121 Å². The second kappa shape index (κ2) is 5.35. The molecule has 4 nitrogen and oxygen atoms in total. The molecule has 2 aromatic heterocycles. The third-order valence-corrected chi connectivity index (χ3v) is 3.85. The summed E-state index contributed by atoms with van der Waals surface area (Å²) in [5, 5.41) is 3.06. The van der Waals surface area contributed by atoms with Gasteiger partial charge in [0.25, 0.3) is 5.56 Å². The third kappa shape index (κ3) is 3.36. The molecule has 0 amide bonds. The number of thiophene rings is 1. The van der Waals surface area contributed by atoms with Crippen molar-refractivity contribution in [1.82, 2.24) is 9.55 Å². The highest BCUT2D eigenvalue weighted by atomic mass is 35.5. The van der Waals surface area contributed by atoms with Crippen molar-refractivity contribution in [3.63, 3.8) is 0 Å². The lowest BCUT2D eigenvalue weighted by Gasteiger charge is -2.22. The Bertz CT molecular complexity index is 627. The number of hydrogen-bond acceptors (Lipinski definition) is 4. The summed E-state index contributed by atoms with van der Waals surface area (Å²) in [7, 11) is 0. The lowest BCUT2D eigenvalue weighted by Crippen LogP contribution is -2.35. The molecule has 0 fully saturated rings. The van der Waals surface area contributed by atoms with Crippen LogP contribution in [0.1, 0.15) is 25.6 Å². The van der Waals surface area contributed by atoms with Crippen molar-refractivity contribution in [3.8, 4) is 0 Å². The van der Waals surface area contributed by atoms with Gasteiger partial charge in [0.15, 0.2) is 5.82 Å². The van der Waals surface area contributed by atoms with Crippen LogP contribution in [0.5, 0.6) is 0 Å². The van der Waals surface area contributed by atoms with Crippen LogP contribution in [0.25, 0.3) is 0 Å². The first-order valence-corrected chi connectivity index (χ1v) is 7.13. The molecule has 0 aliphatic rings. The van der Waals surface area contributed by atoms with Gasteiger partial charge in [-0.3, -0.25) is 4.79 Å². The summed E-state index contributed by atoms with van der Waals surface area (Å²) in [6, 6.07) is 3.78. The minimum atomic E-state index is -0.261. The molecule has 0 radical (unpaired) electrons. The van der Waals surface area contributed by atoms with Crippen molar-refractivity contribution < 1.29 is 0 Å². The molecule has 102 valence electrons. The molecule has 0 bridgehead atoms. The quantitative estimate of drug-likeness (QED) is 0.945. The second-order valence-corrected chi connectivity index (χ2v) is 6.98. The number of nitrogens with one attached hydrogen (secondary N) is 1. The molecule has 0 unspecified atom stereocenters. The number of nitrogens with zero attached hydrogens (tertiary/aromatic N) is 2. The molecular weight excluding hydrogens is 282 g/mol. The zero-order valence-electron chi connectivity index (χ0n) is 11.1. The summed E-state index contributed by atoms with van der Waals surface area (Å²) >= 11 is 7.36. The van der Waals surface area contributed by atoms with Gasteiger partial charge in [0.1, 0.15) is 0 Å². The Balaban J connectivity index is 2.20. The van der Waals surface area contributed by atoms with Gasteiger partial charge < -0.3 is 9.88 Å². The topological polar surface area (TPSA) is 46.9 Å². The number of halogens is 1. The molecule has 6 heteroatoms. The Kier molecular flexibility index (Phi) is 3.96. The van der Waals surface area contributed by atoms with Crippen molar-refractivity contribution in [2.24, 2.45) is 0 Å². The average molecular weight is 298 g/mol. The Morgan fingerprint density at radius 2 is 2.16 bits per heavy atom. The molecule has 0 atom stereocenters. The maximum Gasteiger partial charge on any atom is 0.293 e. The van der Waals surface area contributed by atoms with Gasteiger partial charge in [-0.05, 0) is 32.9 Å². The van der Waals surface area contributed by atoms with Crippen LogP contribution >= 0.6 is 22.9 Å². The van der Waals surface area contributed by atoms with Crippen molar-refractivity contribution in [3.05, 3.63) is 44.1 Å². The van der Waals surface area contributed by atoms with E-state index in [1.54, 1.807) is 17.0 Å². The minimum Gasteiger partial charge on any atom is -0.361 e. The molecule has 0 spiro atoms. The smallest absolute Gasteiger partial charge is 0.293 e. The molecule has 2 rings (SSSR count). The van der Waals surface area contributed by atoms with Crippen LogP contribution in [0, 0.1) is 0 Å². The molecular formula is C13H16ClN3OS. The third-order valence-electron chi connectivity index (χ3n) is 2.62. The Morgan fingerprint density at radius 3 is 2.74 bits per heavy atom. The summed E-state index contributed by atoms with van der Waals surface area (Å²) < 4.78 is 2.41. The summed E-state index contributed by atoms with van der Waals surface area (Å²) in [5.41, 5.74) is -0.375. The van der Waals surface area contributed by atoms with Crippen LogP contribution in [0.15, 0.2) is 29.3 Å². The predicted octanol–water partition coefficient (Wildman–Crippen LogP) is 3.33.